The third kappa shape index (κ3) is 3.75. The van der Waals surface area contributed by atoms with Gasteiger partial charge in [0.25, 0.3) is 5.91 Å². The highest BCUT2D eigenvalue weighted by atomic mass is 32.1. The van der Waals surface area contributed by atoms with Crippen molar-refractivity contribution in [3.8, 4) is 16.4 Å². The topological polar surface area (TPSA) is 84.7 Å². The van der Waals surface area contributed by atoms with Crippen LogP contribution in [0.15, 0.2) is 52.4 Å². The van der Waals surface area contributed by atoms with Crippen LogP contribution in [0.5, 0.6) is 5.75 Å². The number of hydrogen-bond donors (Lipinski definition) is 1. The van der Waals surface area contributed by atoms with Crippen molar-refractivity contribution < 1.29 is 32.0 Å². The van der Waals surface area contributed by atoms with Gasteiger partial charge in [-0.25, -0.2) is 4.79 Å². The van der Waals surface area contributed by atoms with Crippen LogP contribution in [0.1, 0.15) is 18.2 Å². The monoisotopic (exact) mass is 437 g/mol. The summed E-state index contributed by atoms with van der Waals surface area (Å²) in [6, 6.07) is 9.48. The Bertz CT molecular complexity index is 1080. The molecule has 0 spiro atoms. The summed E-state index contributed by atoms with van der Waals surface area (Å²) in [5, 5.41) is 8.37. The normalized spacial score (nSPS) is 19.3. The maximum atomic E-state index is 13.0. The average molecular weight is 437 g/mol. The number of carbonyl (C=O) groups excluding carboxylic acids is 2. The number of amides is 3. The van der Waals surface area contributed by atoms with Crippen LogP contribution in [0.25, 0.3) is 10.6 Å². The van der Waals surface area contributed by atoms with E-state index in [1.807, 2.05) is 17.5 Å². The summed E-state index contributed by atoms with van der Waals surface area (Å²) >= 11 is 1.46. The van der Waals surface area contributed by atoms with Gasteiger partial charge in [0.2, 0.25) is 0 Å². The van der Waals surface area contributed by atoms with Gasteiger partial charge in [-0.2, -0.15) is 0 Å². The lowest BCUT2D eigenvalue weighted by molar-refractivity contribution is -0.274. The van der Waals surface area contributed by atoms with Crippen molar-refractivity contribution in [3.63, 3.8) is 0 Å². The molecule has 7 nitrogen and oxygen atoms in total. The van der Waals surface area contributed by atoms with Crippen LogP contribution in [0.3, 0.4) is 0 Å². The molecule has 0 aliphatic carbocycles. The zero-order chi connectivity index (χ0) is 21.5. The summed E-state index contributed by atoms with van der Waals surface area (Å²) in [6.45, 7) is 1.37. The van der Waals surface area contributed by atoms with Gasteiger partial charge in [0.15, 0.2) is 5.76 Å². The Labute approximate surface area is 172 Å². The molecular weight excluding hydrogens is 423 g/mol. The Morgan fingerprint density at radius 2 is 1.97 bits per heavy atom. The van der Waals surface area contributed by atoms with E-state index in [1.54, 1.807) is 6.07 Å². The number of thiophene rings is 1. The molecular formula is C19H14F3N3O4S. The van der Waals surface area contributed by atoms with Crippen molar-refractivity contribution in [2.24, 2.45) is 0 Å². The van der Waals surface area contributed by atoms with Gasteiger partial charge in [-0.3, -0.25) is 9.69 Å². The number of benzene rings is 1. The first-order valence-corrected chi connectivity index (χ1v) is 9.53. The first kappa shape index (κ1) is 20.0. The number of ether oxygens (including phenoxy) is 1. The molecule has 3 aromatic rings. The van der Waals surface area contributed by atoms with E-state index in [2.05, 4.69) is 15.2 Å². The van der Waals surface area contributed by atoms with E-state index in [4.69, 9.17) is 4.52 Å². The molecule has 1 aliphatic heterocycles. The number of carbonyl (C=O) groups is 2. The van der Waals surface area contributed by atoms with Gasteiger partial charge in [-0.1, -0.05) is 23.4 Å². The van der Waals surface area contributed by atoms with Crippen molar-refractivity contribution in [2.45, 2.75) is 25.4 Å². The second-order valence-electron chi connectivity index (χ2n) is 6.68. The zero-order valence-corrected chi connectivity index (χ0v) is 16.2. The highest BCUT2D eigenvalue weighted by Crippen LogP contribution is 2.32. The van der Waals surface area contributed by atoms with E-state index in [0.29, 0.717) is 17.0 Å². The maximum absolute atomic E-state index is 13.0. The summed E-state index contributed by atoms with van der Waals surface area (Å²) in [4.78, 5) is 27.2. The number of halogens is 3. The molecule has 1 aliphatic rings. The predicted octanol–water partition coefficient (Wildman–Crippen LogP) is 4.27. The van der Waals surface area contributed by atoms with Crippen LogP contribution >= 0.6 is 11.3 Å². The lowest BCUT2D eigenvalue weighted by atomic mass is 9.92. The Balaban J connectivity index is 1.52. The van der Waals surface area contributed by atoms with Gasteiger partial charge in [-0.05, 0) is 36.1 Å². The number of aromatic nitrogens is 1. The van der Waals surface area contributed by atoms with Crippen molar-refractivity contribution in [3.05, 3.63) is 59.1 Å². The fourth-order valence-electron chi connectivity index (χ4n) is 3.11. The third-order valence-electron chi connectivity index (χ3n) is 4.58. The second-order valence-corrected chi connectivity index (χ2v) is 7.63. The van der Waals surface area contributed by atoms with Crippen molar-refractivity contribution in [1.29, 1.82) is 0 Å². The van der Waals surface area contributed by atoms with Gasteiger partial charge in [-0.15, -0.1) is 24.5 Å². The average Bonchev–Trinajstić information content (AvgIpc) is 3.39. The molecule has 1 fully saturated rings. The minimum absolute atomic E-state index is 0.107. The van der Waals surface area contributed by atoms with Gasteiger partial charge in [0.05, 0.1) is 11.4 Å². The molecule has 1 unspecified atom stereocenters. The minimum atomic E-state index is -4.82. The standard InChI is InChI=1S/C19H14F3N3O4S/c1-18(11-4-6-13(7-5-11)28-19(20,21)22)16(26)25(17(27)23-18)10-12-9-14(29-24-12)15-3-2-8-30-15/h2-9H,10H2,1H3,(H,23,27). The predicted molar refractivity (Wildman–Crippen MR) is 99.4 cm³/mol. The summed E-state index contributed by atoms with van der Waals surface area (Å²) in [5.41, 5.74) is -0.730. The van der Waals surface area contributed by atoms with Gasteiger partial charge in [0, 0.05) is 6.07 Å². The lowest BCUT2D eigenvalue weighted by Gasteiger charge is -2.22. The van der Waals surface area contributed by atoms with Crippen LogP contribution < -0.4 is 10.1 Å². The molecule has 1 saturated heterocycles. The van der Waals surface area contributed by atoms with Gasteiger partial charge < -0.3 is 14.6 Å². The number of alkyl halides is 3. The second kappa shape index (κ2) is 7.17. The minimum Gasteiger partial charge on any atom is -0.406 e. The smallest absolute Gasteiger partial charge is 0.406 e. The summed E-state index contributed by atoms with van der Waals surface area (Å²) < 4.78 is 46.1. The highest BCUT2D eigenvalue weighted by Gasteiger charge is 2.49. The van der Waals surface area contributed by atoms with Gasteiger partial charge in [0.1, 0.15) is 17.0 Å². The molecule has 2 aromatic heterocycles. The fourth-order valence-corrected chi connectivity index (χ4v) is 3.78. The molecule has 1 N–H and O–H groups in total. The number of hydrogen-bond acceptors (Lipinski definition) is 6. The summed E-state index contributed by atoms with van der Waals surface area (Å²) in [5.74, 6) is -0.458. The first-order chi connectivity index (χ1) is 14.2. The Kier molecular flexibility index (Phi) is 4.77. The highest BCUT2D eigenvalue weighted by molar-refractivity contribution is 7.13. The molecule has 3 amide bonds. The Morgan fingerprint density at radius 3 is 2.60 bits per heavy atom. The van der Waals surface area contributed by atoms with E-state index < -0.39 is 29.6 Å². The maximum Gasteiger partial charge on any atom is 0.573 e. The van der Waals surface area contributed by atoms with E-state index >= 15 is 0 Å². The number of imide groups is 1. The fraction of sp³-hybridized carbons (Fsp3) is 0.211. The lowest BCUT2D eigenvalue weighted by Crippen LogP contribution is -2.40. The van der Waals surface area contributed by atoms with Crippen LogP contribution in [0.2, 0.25) is 0 Å². The molecule has 1 atom stereocenters. The first-order valence-electron chi connectivity index (χ1n) is 8.65. The van der Waals surface area contributed by atoms with Crippen LogP contribution in [-0.2, 0) is 16.9 Å². The van der Waals surface area contributed by atoms with Gasteiger partial charge >= 0.3 is 12.4 Å². The number of urea groups is 1. The molecule has 0 radical (unpaired) electrons. The van der Waals surface area contributed by atoms with E-state index in [9.17, 15) is 22.8 Å². The van der Waals surface area contributed by atoms with Crippen molar-refractivity contribution in [2.75, 3.05) is 0 Å². The molecule has 11 heteroatoms. The number of nitrogens with one attached hydrogen (secondary N) is 1. The molecule has 1 aromatic carbocycles. The van der Waals surface area contributed by atoms with Crippen LogP contribution in [0.4, 0.5) is 18.0 Å². The van der Waals surface area contributed by atoms with E-state index in [0.717, 1.165) is 21.9 Å². The molecule has 4 rings (SSSR count). The molecule has 3 heterocycles. The van der Waals surface area contributed by atoms with E-state index in [-0.39, 0.29) is 6.54 Å². The number of rotatable bonds is 5. The Morgan fingerprint density at radius 1 is 1.23 bits per heavy atom. The summed E-state index contributed by atoms with van der Waals surface area (Å²) in [6.07, 6.45) is -4.82. The SMILES string of the molecule is CC1(c2ccc(OC(F)(F)F)cc2)NC(=O)N(Cc2cc(-c3cccs3)on2)C1=O. The third-order valence-corrected chi connectivity index (χ3v) is 5.47. The van der Waals surface area contributed by atoms with E-state index in [1.165, 1.54) is 30.4 Å². The molecule has 0 saturated carbocycles. The quantitative estimate of drug-likeness (QED) is 0.603. The molecule has 30 heavy (non-hydrogen) atoms. The molecule has 156 valence electrons. The number of nitrogens with zero attached hydrogens (tertiary/aromatic N) is 2. The summed E-state index contributed by atoms with van der Waals surface area (Å²) in [7, 11) is 0. The van der Waals surface area contributed by atoms with Crippen molar-refractivity contribution >= 4 is 23.3 Å². The Hall–Kier alpha value is -3.34. The zero-order valence-electron chi connectivity index (χ0n) is 15.4. The van der Waals surface area contributed by atoms with Crippen molar-refractivity contribution in [1.82, 2.24) is 15.4 Å². The molecule has 0 bridgehead atoms. The van der Waals surface area contributed by atoms with Crippen LogP contribution in [0, 0.1) is 0 Å². The van der Waals surface area contributed by atoms with Crippen LogP contribution in [-0.4, -0.2) is 28.4 Å². The largest absolute Gasteiger partial charge is 0.573 e.